The standard InChI is InChI=1S/C14H12F3N3O3S/c1-24(22,23)11-6-9(14(15,16)17)5-10(12(11)18)20-13(21)8-3-2-4-19-7-8/h2-7H,18H2,1H3,(H,20,21). The van der Waals surface area contributed by atoms with Gasteiger partial charge in [-0.15, -0.1) is 0 Å². The van der Waals surface area contributed by atoms with E-state index >= 15 is 0 Å². The van der Waals surface area contributed by atoms with Crippen molar-refractivity contribution in [2.24, 2.45) is 0 Å². The maximum Gasteiger partial charge on any atom is 0.416 e. The lowest BCUT2D eigenvalue weighted by atomic mass is 10.1. The third-order valence-electron chi connectivity index (χ3n) is 3.04. The van der Waals surface area contributed by atoms with Crippen molar-refractivity contribution in [2.45, 2.75) is 11.1 Å². The van der Waals surface area contributed by atoms with Crippen molar-refractivity contribution in [2.75, 3.05) is 17.3 Å². The number of nitrogens with two attached hydrogens (primary N) is 1. The van der Waals surface area contributed by atoms with E-state index in [2.05, 4.69) is 10.3 Å². The number of nitrogen functional groups attached to an aromatic ring is 1. The van der Waals surface area contributed by atoms with E-state index in [9.17, 15) is 26.4 Å². The molecule has 0 atom stereocenters. The van der Waals surface area contributed by atoms with Gasteiger partial charge >= 0.3 is 6.18 Å². The number of alkyl halides is 3. The first-order valence-electron chi connectivity index (χ1n) is 6.42. The molecule has 1 amide bonds. The number of pyridine rings is 1. The van der Waals surface area contributed by atoms with Gasteiger partial charge < -0.3 is 11.1 Å². The minimum atomic E-state index is -4.80. The van der Waals surface area contributed by atoms with Crippen molar-refractivity contribution >= 4 is 27.1 Å². The van der Waals surface area contributed by atoms with Crippen LogP contribution >= 0.6 is 0 Å². The van der Waals surface area contributed by atoms with Gasteiger partial charge in [0.1, 0.15) is 0 Å². The summed E-state index contributed by atoms with van der Waals surface area (Å²) in [5.41, 5.74) is 3.56. The van der Waals surface area contributed by atoms with E-state index in [1.165, 1.54) is 24.5 Å². The Labute approximate surface area is 135 Å². The van der Waals surface area contributed by atoms with E-state index in [0.29, 0.717) is 12.1 Å². The Balaban J connectivity index is 2.55. The Bertz CT molecular complexity index is 881. The van der Waals surface area contributed by atoms with Crippen LogP contribution in [0.1, 0.15) is 15.9 Å². The van der Waals surface area contributed by atoms with Gasteiger partial charge in [-0.1, -0.05) is 0 Å². The molecule has 1 aromatic heterocycles. The molecule has 6 nitrogen and oxygen atoms in total. The second-order valence-electron chi connectivity index (χ2n) is 4.90. The monoisotopic (exact) mass is 359 g/mol. The van der Waals surface area contributed by atoms with Crippen LogP contribution in [0.15, 0.2) is 41.6 Å². The normalized spacial score (nSPS) is 12.0. The number of aromatic nitrogens is 1. The molecule has 2 rings (SSSR count). The first-order chi connectivity index (χ1) is 11.0. The summed E-state index contributed by atoms with van der Waals surface area (Å²) in [4.78, 5) is 15.1. The number of sulfone groups is 1. The molecule has 1 heterocycles. The second kappa shape index (κ2) is 6.11. The van der Waals surface area contributed by atoms with Crippen LogP contribution in [0.3, 0.4) is 0 Å². The molecule has 2 aromatic rings. The highest BCUT2D eigenvalue weighted by molar-refractivity contribution is 7.90. The third-order valence-corrected chi connectivity index (χ3v) is 4.18. The van der Waals surface area contributed by atoms with Gasteiger partial charge in [0.2, 0.25) is 0 Å². The largest absolute Gasteiger partial charge is 0.416 e. The van der Waals surface area contributed by atoms with E-state index in [-0.39, 0.29) is 5.56 Å². The summed E-state index contributed by atoms with van der Waals surface area (Å²) in [6, 6.07) is 3.87. The molecule has 0 aliphatic carbocycles. The average Bonchev–Trinajstić information content (AvgIpc) is 2.47. The van der Waals surface area contributed by atoms with Crippen LogP contribution in [-0.4, -0.2) is 25.6 Å². The van der Waals surface area contributed by atoms with Crippen LogP contribution < -0.4 is 11.1 Å². The van der Waals surface area contributed by atoms with Gasteiger partial charge in [0.05, 0.1) is 27.4 Å². The van der Waals surface area contributed by atoms with Crippen molar-refractivity contribution in [1.29, 1.82) is 0 Å². The molecule has 3 N–H and O–H groups in total. The summed E-state index contributed by atoms with van der Waals surface area (Å²) in [5, 5.41) is 2.18. The maximum atomic E-state index is 13.0. The number of amides is 1. The predicted octanol–water partition coefficient (Wildman–Crippen LogP) is 2.34. The molecule has 0 fully saturated rings. The van der Waals surface area contributed by atoms with Crippen molar-refractivity contribution in [3.8, 4) is 0 Å². The summed E-state index contributed by atoms with van der Waals surface area (Å²) < 4.78 is 62.3. The number of hydrogen-bond acceptors (Lipinski definition) is 5. The molecule has 0 unspecified atom stereocenters. The molecule has 128 valence electrons. The Hall–Kier alpha value is -2.62. The van der Waals surface area contributed by atoms with E-state index in [4.69, 9.17) is 5.73 Å². The summed E-state index contributed by atoms with van der Waals surface area (Å²) in [6.45, 7) is 0. The minimum absolute atomic E-state index is 0.0789. The highest BCUT2D eigenvalue weighted by atomic mass is 32.2. The molecular formula is C14H12F3N3O3S. The molecule has 10 heteroatoms. The molecule has 0 saturated heterocycles. The fraction of sp³-hybridized carbons (Fsp3) is 0.143. The Morgan fingerprint density at radius 1 is 1.29 bits per heavy atom. The number of hydrogen-bond donors (Lipinski definition) is 2. The van der Waals surface area contributed by atoms with Crippen LogP contribution in [0, 0.1) is 0 Å². The van der Waals surface area contributed by atoms with Gasteiger partial charge in [0.25, 0.3) is 5.91 Å². The van der Waals surface area contributed by atoms with Crippen molar-refractivity contribution in [3.63, 3.8) is 0 Å². The Kier molecular flexibility index (Phi) is 4.52. The maximum absolute atomic E-state index is 13.0. The highest BCUT2D eigenvalue weighted by Crippen LogP contribution is 2.37. The average molecular weight is 359 g/mol. The van der Waals surface area contributed by atoms with Gasteiger partial charge in [-0.2, -0.15) is 13.2 Å². The molecular weight excluding hydrogens is 347 g/mol. The summed E-state index contributed by atoms with van der Waals surface area (Å²) in [6.07, 6.45) is -1.46. The molecule has 0 saturated carbocycles. The predicted molar refractivity (Wildman–Crippen MR) is 81.2 cm³/mol. The lowest BCUT2D eigenvalue weighted by Gasteiger charge is -2.15. The fourth-order valence-electron chi connectivity index (χ4n) is 1.89. The van der Waals surface area contributed by atoms with E-state index in [1.54, 1.807) is 0 Å². The lowest BCUT2D eigenvalue weighted by Crippen LogP contribution is -2.17. The van der Waals surface area contributed by atoms with E-state index in [1.807, 2.05) is 0 Å². The Morgan fingerprint density at radius 2 is 1.96 bits per heavy atom. The Morgan fingerprint density at radius 3 is 2.46 bits per heavy atom. The molecule has 0 radical (unpaired) electrons. The first kappa shape index (κ1) is 17.7. The number of nitrogens with zero attached hydrogens (tertiary/aromatic N) is 1. The van der Waals surface area contributed by atoms with Crippen LogP contribution in [0.25, 0.3) is 0 Å². The molecule has 0 bridgehead atoms. The van der Waals surface area contributed by atoms with E-state index < -0.39 is 43.8 Å². The van der Waals surface area contributed by atoms with Gasteiger partial charge in [-0.3, -0.25) is 9.78 Å². The molecule has 0 aliphatic rings. The molecule has 0 spiro atoms. The van der Waals surface area contributed by atoms with Crippen molar-refractivity contribution in [1.82, 2.24) is 4.98 Å². The van der Waals surface area contributed by atoms with Gasteiger partial charge in [0.15, 0.2) is 9.84 Å². The number of rotatable bonds is 3. The number of halogens is 3. The van der Waals surface area contributed by atoms with Gasteiger partial charge in [-0.25, -0.2) is 8.42 Å². The second-order valence-corrected chi connectivity index (χ2v) is 6.89. The summed E-state index contributed by atoms with van der Waals surface area (Å²) in [5.74, 6) is -0.770. The highest BCUT2D eigenvalue weighted by Gasteiger charge is 2.33. The number of carbonyl (C=O) groups is 1. The first-order valence-corrected chi connectivity index (χ1v) is 8.31. The van der Waals surface area contributed by atoms with Crippen LogP contribution in [-0.2, 0) is 16.0 Å². The van der Waals surface area contributed by atoms with Crippen LogP contribution in [0.2, 0.25) is 0 Å². The van der Waals surface area contributed by atoms with Gasteiger partial charge in [-0.05, 0) is 24.3 Å². The topological polar surface area (TPSA) is 102 Å². The fourth-order valence-corrected chi connectivity index (χ4v) is 2.74. The molecule has 1 aromatic carbocycles. The zero-order valence-corrected chi connectivity index (χ0v) is 13.1. The van der Waals surface area contributed by atoms with Crippen molar-refractivity contribution < 1.29 is 26.4 Å². The smallest absolute Gasteiger partial charge is 0.396 e. The van der Waals surface area contributed by atoms with E-state index in [0.717, 1.165) is 6.26 Å². The third kappa shape index (κ3) is 3.82. The number of carbonyl (C=O) groups excluding carboxylic acids is 1. The zero-order valence-electron chi connectivity index (χ0n) is 12.3. The number of nitrogens with one attached hydrogen (secondary N) is 1. The summed E-state index contributed by atoms with van der Waals surface area (Å²) >= 11 is 0. The van der Waals surface area contributed by atoms with Crippen molar-refractivity contribution in [3.05, 3.63) is 47.8 Å². The van der Waals surface area contributed by atoms with Crippen LogP contribution in [0.4, 0.5) is 24.5 Å². The zero-order chi connectivity index (χ0) is 18.1. The SMILES string of the molecule is CS(=O)(=O)c1cc(C(F)(F)F)cc(NC(=O)c2cccnc2)c1N. The molecule has 0 aliphatic heterocycles. The van der Waals surface area contributed by atoms with Crippen LogP contribution in [0.5, 0.6) is 0 Å². The quantitative estimate of drug-likeness (QED) is 0.819. The van der Waals surface area contributed by atoms with Gasteiger partial charge in [0, 0.05) is 18.6 Å². The number of anilines is 2. The molecule has 24 heavy (non-hydrogen) atoms. The minimum Gasteiger partial charge on any atom is -0.396 e. The summed E-state index contributed by atoms with van der Waals surface area (Å²) in [7, 11) is -4.03. The lowest BCUT2D eigenvalue weighted by molar-refractivity contribution is -0.137. The number of benzene rings is 1.